The summed E-state index contributed by atoms with van der Waals surface area (Å²) in [6, 6.07) is 21.5. The molecule has 0 saturated carbocycles. The molecular weight excluding hydrogens is 260 g/mol. The van der Waals surface area contributed by atoms with Gasteiger partial charge in [-0.05, 0) is 34.5 Å². The Labute approximate surface area is 124 Å². The summed E-state index contributed by atoms with van der Waals surface area (Å²) in [5.74, 6) is 0.963. The molecule has 2 heteroatoms. The maximum atomic E-state index is 12.4. The molecule has 3 aromatic rings. The zero-order valence-electron chi connectivity index (χ0n) is 11.9. The molecule has 0 unspecified atom stereocenters. The number of methoxy groups -OCH3 is 1. The van der Waals surface area contributed by atoms with Gasteiger partial charge in [0.05, 0.1) is 7.11 Å². The average molecular weight is 276 g/mol. The maximum absolute atomic E-state index is 12.4. The number of benzene rings is 3. The Kier molecular flexibility index (Phi) is 3.69. The molecule has 0 aromatic heterocycles. The Morgan fingerprint density at radius 2 is 1.62 bits per heavy atom. The molecule has 3 rings (SSSR count). The molecule has 0 aliphatic rings. The Hall–Kier alpha value is -2.61. The minimum atomic E-state index is 0.138. The molecule has 3 aromatic carbocycles. The summed E-state index contributed by atoms with van der Waals surface area (Å²) >= 11 is 0. The number of carbonyl (C=O) groups is 1. The molecule has 0 bridgehead atoms. The average Bonchev–Trinajstić information content (AvgIpc) is 2.54. The second-order valence-corrected chi connectivity index (χ2v) is 5.01. The van der Waals surface area contributed by atoms with Gasteiger partial charge < -0.3 is 4.74 Å². The van der Waals surface area contributed by atoms with Gasteiger partial charge in [-0.1, -0.05) is 48.5 Å². The van der Waals surface area contributed by atoms with Crippen molar-refractivity contribution in [3.8, 4) is 5.75 Å². The summed E-state index contributed by atoms with van der Waals surface area (Å²) in [4.78, 5) is 12.4. The predicted molar refractivity (Wildman–Crippen MR) is 85.0 cm³/mol. The maximum Gasteiger partial charge on any atom is 0.167 e. The van der Waals surface area contributed by atoms with Crippen molar-refractivity contribution in [3.63, 3.8) is 0 Å². The first-order chi connectivity index (χ1) is 10.3. The molecule has 0 spiro atoms. The van der Waals surface area contributed by atoms with E-state index in [1.54, 1.807) is 7.11 Å². The van der Waals surface area contributed by atoms with Gasteiger partial charge in [0.25, 0.3) is 0 Å². The fourth-order valence-corrected chi connectivity index (χ4v) is 2.41. The molecule has 0 atom stereocenters. The zero-order chi connectivity index (χ0) is 14.7. The molecule has 104 valence electrons. The summed E-state index contributed by atoms with van der Waals surface area (Å²) < 4.78 is 5.21. The third kappa shape index (κ3) is 2.95. The van der Waals surface area contributed by atoms with E-state index in [9.17, 15) is 4.79 Å². The highest BCUT2D eigenvalue weighted by Crippen LogP contribution is 2.22. The molecular formula is C19H16O2. The van der Waals surface area contributed by atoms with E-state index in [1.807, 2.05) is 66.7 Å². The second-order valence-electron chi connectivity index (χ2n) is 5.01. The van der Waals surface area contributed by atoms with Gasteiger partial charge in [0.2, 0.25) is 0 Å². The minimum Gasteiger partial charge on any atom is -0.497 e. The van der Waals surface area contributed by atoms with Crippen LogP contribution in [0, 0.1) is 0 Å². The molecule has 0 aliphatic heterocycles. The van der Waals surface area contributed by atoms with Crippen LogP contribution in [0.25, 0.3) is 10.8 Å². The highest BCUT2D eigenvalue weighted by molar-refractivity contribution is 6.01. The molecule has 0 heterocycles. The molecule has 0 aliphatic carbocycles. The third-order valence-corrected chi connectivity index (χ3v) is 3.58. The van der Waals surface area contributed by atoms with Gasteiger partial charge in [-0.15, -0.1) is 0 Å². The van der Waals surface area contributed by atoms with Crippen LogP contribution < -0.4 is 4.74 Å². The fourth-order valence-electron chi connectivity index (χ4n) is 2.41. The number of fused-ring (bicyclic) bond motifs is 1. The summed E-state index contributed by atoms with van der Waals surface area (Å²) in [7, 11) is 1.65. The summed E-state index contributed by atoms with van der Waals surface area (Å²) in [6.07, 6.45) is 0.433. The summed E-state index contributed by atoms with van der Waals surface area (Å²) in [6.45, 7) is 0. The minimum absolute atomic E-state index is 0.138. The van der Waals surface area contributed by atoms with Crippen LogP contribution >= 0.6 is 0 Å². The smallest absolute Gasteiger partial charge is 0.167 e. The lowest BCUT2D eigenvalue weighted by Gasteiger charge is -2.05. The first kappa shape index (κ1) is 13.4. The lowest BCUT2D eigenvalue weighted by atomic mass is 10.00. The van der Waals surface area contributed by atoms with Crippen LogP contribution in [-0.4, -0.2) is 12.9 Å². The monoisotopic (exact) mass is 276 g/mol. The molecule has 0 saturated heterocycles. The number of Topliss-reactive ketones (excluding diaryl/α,β-unsaturated/α-hetero) is 1. The van der Waals surface area contributed by atoms with Crippen LogP contribution in [0.5, 0.6) is 5.75 Å². The van der Waals surface area contributed by atoms with Crippen molar-refractivity contribution in [2.75, 3.05) is 7.11 Å². The fraction of sp³-hybridized carbons (Fsp3) is 0.105. The standard InChI is InChI=1S/C19H16O2/c1-21-18-10-9-15-12-17(8-7-16(15)13-18)19(20)11-14-5-3-2-4-6-14/h2-10,12-13H,11H2,1H3. The molecule has 2 nitrogen and oxygen atoms in total. The van der Waals surface area contributed by atoms with Crippen LogP contribution in [0.15, 0.2) is 66.7 Å². The van der Waals surface area contributed by atoms with Crippen LogP contribution in [0.1, 0.15) is 15.9 Å². The van der Waals surface area contributed by atoms with E-state index in [0.717, 1.165) is 27.6 Å². The first-order valence-corrected chi connectivity index (χ1v) is 6.91. The molecule has 0 N–H and O–H groups in total. The number of ketones is 1. The van der Waals surface area contributed by atoms with E-state index >= 15 is 0 Å². The van der Waals surface area contributed by atoms with E-state index in [1.165, 1.54) is 0 Å². The quantitative estimate of drug-likeness (QED) is 0.665. The van der Waals surface area contributed by atoms with Gasteiger partial charge in [-0.25, -0.2) is 0 Å². The van der Waals surface area contributed by atoms with Gasteiger partial charge in [-0.3, -0.25) is 4.79 Å². The van der Waals surface area contributed by atoms with E-state index in [-0.39, 0.29) is 5.78 Å². The Morgan fingerprint density at radius 3 is 2.38 bits per heavy atom. The van der Waals surface area contributed by atoms with Crippen LogP contribution in [0.2, 0.25) is 0 Å². The third-order valence-electron chi connectivity index (χ3n) is 3.58. The second kappa shape index (κ2) is 5.80. The Morgan fingerprint density at radius 1 is 0.905 bits per heavy atom. The van der Waals surface area contributed by atoms with Gasteiger partial charge >= 0.3 is 0 Å². The predicted octanol–water partition coefficient (Wildman–Crippen LogP) is 4.27. The number of ether oxygens (including phenoxy) is 1. The van der Waals surface area contributed by atoms with Crippen LogP contribution in [0.3, 0.4) is 0 Å². The van der Waals surface area contributed by atoms with Crippen molar-refractivity contribution >= 4 is 16.6 Å². The number of carbonyl (C=O) groups excluding carboxylic acids is 1. The van der Waals surface area contributed by atoms with Gasteiger partial charge in [-0.2, -0.15) is 0 Å². The lowest BCUT2D eigenvalue weighted by Crippen LogP contribution is -2.03. The van der Waals surface area contributed by atoms with Gasteiger partial charge in [0.1, 0.15) is 5.75 Å². The Balaban J connectivity index is 1.88. The van der Waals surface area contributed by atoms with Crippen molar-refractivity contribution in [1.82, 2.24) is 0 Å². The molecule has 21 heavy (non-hydrogen) atoms. The lowest BCUT2D eigenvalue weighted by molar-refractivity contribution is 0.0993. The van der Waals surface area contributed by atoms with Gasteiger partial charge in [0.15, 0.2) is 5.78 Å². The zero-order valence-corrected chi connectivity index (χ0v) is 11.9. The Bertz CT molecular complexity index is 776. The molecule has 0 fully saturated rings. The molecule has 0 amide bonds. The van der Waals surface area contributed by atoms with Crippen molar-refractivity contribution in [2.24, 2.45) is 0 Å². The summed E-state index contributed by atoms with van der Waals surface area (Å²) in [5, 5.41) is 2.13. The van der Waals surface area contributed by atoms with Crippen molar-refractivity contribution in [2.45, 2.75) is 6.42 Å². The van der Waals surface area contributed by atoms with Crippen LogP contribution in [-0.2, 0) is 6.42 Å². The largest absolute Gasteiger partial charge is 0.497 e. The topological polar surface area (TPSA) is 26.3 Å². The van der Waals surface area contributed by atoms with Crippen molar-refractivity contribution in [1.29, 1.82) is 0 Å². The highest BCUT2D eigenvalue weighted by atomic mass is 16.5. The van der Waals surface area contributed by atoms with E-state index in [2.05, 4.69) is 0 Å². The van der Waals surface area contributed by atoms with Crippen LogP contribution in [0.4, 0.5) is 0 Å². The normalized spacial score (nSPS) is 10.5. The van der Waals surface area contributed by atoms with E-state index in [4.69, 9.17) is 4.74 Å². The highest BCUT2D eigenvalue weighted by Gasteiger charge is 2.08. The SMILES string of the molecule is COc1ccc2cc(C(=O)Cc3ccccc3)ccc2c1. The molecule has 0 radical (unpaired) electrons. The number of rotatable bonds is 4. The van der Waals surface area contributed by atoms with Crippen molar-refractivity contribution < 1.29 is 9.53 Å². The van der Waals surface area contributed by atoms with E-state index in [0.29, 0.717) is 6.42 Å². The van der Waals surface area contributed by atoms with Gasteiger partial charge in [0, 0.05) is 12.0 Å². The summed E-state index contributed by atoms with van der Waals surface area (Å²) in [5.41, 5.74) is 1.79. The number of hydrogen-bond acceptors (Lipinski definition) is 2. The van der Waals surface area contributed by atoms with E-state index < -0.39 is 0 Å². The first-order valence-electron chi connectivity index (χ1n) is 6.91. The van der Waals surface area contributed by atoms with Crippen molar-refractivity contribution in [3.05, 3.63) is 77.9 Å². The number of hydrogen-bond donors (Lipinski definition) is 0.